The van der Waals surface area contributed by atoms with E-state index in [2.05, 4.69) is 29.6 Å². The molecule has 32 heavy (non-hydrogen) atoms. The van der Waals surface area contributed by atoms with Crippen molar-refractivity contribution in [3.63, 3.8) is 0 Å². The molecule has 0 aliphatic carbocycles. The maximum absolute atomic E-state index is 13.3. The van der Waals surface area contributed by atoms with Crippen LogP contribution in [0.15, 0.2) is 48.5 Å². The van der Waals surface area contributed by atoms with Crippen LogP contribution in [0.2, 0.25) is 0 Å². The lowest BCUT2D eigenvalue weighted by atomic mass is 10.0. The Balaban J connectivity index is 0.00000363. The lowest BCUT2D eigenvalue weighted by Crippen LogP contribution is -3.00. The normalized spacial score (nSPS) is 15.6. The van der Waals surface area contributed by atoms with Gasteiger partial charge in [-0.2, -0.15) is 0 Å². The van der Waals surface area contributed by atoms with Crippen molar-refractivity contribution in [2.45, 2.75) is 52.5 Å². The number of esters is 1. The summed E-state index contributed by atoms with van der Waals surface area (Å²) in [4.78, 5) is 25.7. The van der Waals surface area contributed by atoms with E-state index in [1.165, 1.54) is 24.8 Å². The number of hydrogen-bond donors (Lipinski definition) is 1. The molecule has 1 fully saturated rings. The van der Waals surface area contributed by atoms with Crippen LogP contribution in [0.1, 0.15) is 60.5 Å². The highest BCUT2D eigenvalue weighted by atomic mass is 79.9. The Hall–Kier alpha value is -2.18. The van der Waals surface area contributed by atoms with Crippen molar-refractivity contribution < 1.29 is 35.8 Å². The summed E-state index contributed by atoms with van der Waals surface area (Å²) in [5.41, 5.74) is 3.11. The van der Waals surface area contributed by atoms with E-state index in [0.717, 1.165) is 42.5 Å². The average molecular weight is 503 g/mol. The summed E-state index contributed by atoms with van der Waals surface area (Å²) in [6, 6.07) is 15.9. The number of halogens is 1. The first-order chi connectivity index (χ1) is 15.0. The largest absolute Gasteiger partial charge is 1.00 e. The predicted molar refractivity (Wildman–Crippen MR) is 124 cm³/mol. The number of para-hydroxylation sites is 1. The zero-order valence-electron chi connectivity index (χ0n) is 19.2. The number of likely N-dealkylation sites (tertiary alicyclic amines) is 1. The second kappa shape index (κ2) is 12.8. The van der Waals surface area contributed by atoms with Gasteiger partial charge in [0.05, 0.1) is 30.9 Å². The summed E-state index contributed by atoms with van der Waals surface area (Å²) in [6.45, 7) is 7.26. The molecule has 1 amide bonds. The van der Waals surface area contributed by atoms with Crippen molar-refractivity contribution in [2.24, 2.45) is 0 Å². The number of aryl methyl sites for hydroxylation is 1. The number of carbonyl (C=O) groups is 2. The van der Waals surface area contributed by atoms with Gasteiger partial charge in [0, 0.05) is 5.56 Å². The van der Waals surface area contributed by atoms with Crippen molar-refractivity contribution in [2.75, 3.05) is 31.6 Å². The van der Waals surface area contributed by atoms with Crippen LogP contribution in [0.5, 0.6) is 0 Å². The number of anilines is 1. The molecule has 0 atom stereocenters. The van der Waals surface area contributed by atoms with E-state index in [4.69, 9.17) is 4.74 Å². The lowest BCUT2D eigenvalue weighted by molar-refractivity contribution is -0.934. The lowest BCUT2D eigenvalue weighted by Gasteiger charge is -2.39. The Labute approximate surface area is 202 Å². The molecule has 0 radical (unpaired) electrons. The number of quaternary nitrogens is 1. The molecule has 0 aromatic heterocycles. The fourth-order valence-corrected chi connectivity index (χ4v) is 4.58. The molecule has 174 valence electrons. The Morgan fingerprint density at radius 2 is 1.59 bits per heavy atom. The highest BCUT2D eigenvalue weighted by Gasteiger charge is 2.32. The van der Waals surface area contributed by atoms with E-state index in [1.54, 1.807) is 13.0 Å². The van der Waals surface area contributed by atoms with Gasteiger partial charge < -0.3 is 31.5 Å². The number of nitrogens with zero attached hydrogens (tertiary/aromatic N) is 1. The number of carbonyl (C=O) groups excluding carboxylic acids is 2. The predicted octanol–water partition coefficient (Wildman–Crippen LogP) is 2.10. The van der Waals surface area contributed by atoms with Crippen LogP contribution in [0, 0.1) is 6.92 Å². The minimum atomic E-state index is -0.402. The SMILES string of the molecule is CCOC(=O)c1cccc(C)c1NC(=O)C[N+]1(Cc2ccccc2)CCCCCCC1.[Br-]. The van der Waals surface area contributed by atoms with Crippen LogP contribution in [0.4, 0.5) is 5.69 Å². The monoisotopic (exact) mass is 502 g/mol. The molecule has 0 spiro atoms. The summed E-state index contributed by atoms with van der Waals surface area (Å²) in [5, 5.41) is 3.06. The van der Waals surface area contributed by atoms with Gasteiger partial charge >= 0.3 is 5.97 Å². The Morgan fingerprint density at radius 3 is 2.25 bits per heavy atom. The quantitative estimate of drug-likeness (QED) is 0.465. The van der Waals surface area contributed by atoms with E-state index < -0.39 is 5.97 Å². The maximum atomic E-state index is 13.3. The van der Waals surface area contributed by atoms with Gasteiger partial charge in [-0.1, -0.05) is 48.9 Å². The smallest absolute Gasteiger partial charge is 0.340 e. The van der Waals surface area contributed by atoms with Crippen molar-refractivity contribution >= 4 is 17.6 Å². The Morgan fingerprint density at radius 1 is 0.938 bits per heavy atom. The zero-order valence-corrected chi connectivity index (χ0v) is 20.8. The molecule has 1 aliphatic rings. The molecule has 1 saturated heterocycles. The number of nitrogens with one attached hydrogen (secondary N) is 1. The zero-order chi connectivity index (χ0) is 22.1. The second-order valence-electron chi connectivity index (χ2n) is 8.62. The summed E-state index contributed by atoms with van der Waals surface area (Å²) in [6.07, 6.45) is 6.00. The standard InChI is InChI=1S/C26H34N2O3.BrH/c1-3-31-26(30)23-16-12-13-21(2)25(23)27-24(29)20-28(17-10-5-4-6-11-18-28)19-22-14-8-7-9-15-22;/h7-9,12-16H,3-6,10-11,17-20H2,1-2H3;1H. The Kier molecular flexibility index (Phi) is 10.4. The Bertz CT molecular complexity index is 878. The minimum absolute atomic E-state index is 0. The number of rotatable bonds is 7. The molecule has 2 aromatic rings. The number of amides is 1. The summed E-state index contributed by atoms with van der Waals surface area (Å²) in [5.74, 6) is -0.447. The third-order valence-electron chi connectivity index (χ3n) is 6.14. The molecule has 3 rings (SSSR count). The van der Waals surface area contributed by atoms with Gasteiger partial charge in [0.15, 0.2) is 6.54 Å². The molecule has 5 nitrogen and oxygen atoms in total. The van der Waals surface area contributed by atoms with E-state index in [9.17, 15) is 9.59 Å². The summed E-state index contributed by atoms with van der Waals surface area (Å²) < 4.78 is 5.95. The van der Waals surface area contributed by atoms with Crippen molar-refractivity contribution in [3.05, 3.63) is 65.2 Å². The van der Waals surface area contributed by atoms with Gasteiger partial charge in [-0.3, -0.25) is 4.79 Å². The third-order valence-corrected chi connectivity index (χ3v) is 6.14. The fraction of sp³-hybridized carbons (Fsp3) is 0.462. The molecular formula is C26H35BrN2O3. The summed E-state index contributed by atoms with van der Waals surface area (Å²) >= 11 is 0. The minimum Gasteiger partial charge on any atom is -1.00 e. The highest BCUT2D eigenvalue weighted by Crippen LogP contribution is 2.25. The molecule has 0 unspecified atom stereocenters. The van der Waals surface area contributed by atoms with Gasteiger partial charge in [0.2, 0.25) is 0 Å². The van der Waals surface area contributed by atoms with Gasteiger partial charge in [-0.25, -0.2) is 4.79 Å². The van der Waals surface area contributed by atoms with Crippen molar-refractivity contribution in [1.29, 1.82) is 0 Å². The van der Waals surface area contributed by atoms with Crippen molar-refractivity contribution in [1.82, 2.24) is 0 Å². The first-order valence-corrected chi connectivity index (χ1v) is 11.5. The fourth-order valence-electron chi connectivity index (χ4n) is 4.58. The van der Waals surface area contributed by atoms with Crippen LogP contribution in [-0.2, 0) is 16.1 Å². The second-order valence-corrected chi connectivity index (χ2v) is 8.62. The molecule has 1 N–H and O–H groups in total. The van der Waals surface area contributed by atoms with E-state index in [1.807, 2.05) is 25.1 Å². The third kappa shape index (κ3) is 7.17. The molecule has 1 aliphatic heterocycles. The van der Waals surface area contributed by atoms with Crippen LogP contribution in [0.25, 0.3) is 0 Å². The van der Waals surface area contributed by atoms with Crippen LogP contribution < -0.4 is 22.3 Å². The van der Waals surface area contributed by atoms with Gasteiger partial charge in [-0.05, 0) is 51.2 Å². The topological polar surface area (TPSA) is 55.4 Å². The number of ether oxygens (including phenoxy) is 1. The molecule has 1 heterocycles. The molecule has 2 aromatic carbocycles. The van der Waals surface area contributed by atoms with Crippen LogP contribution >= 0.6 is 0 Å². The first-order valence-electron chi connectivity index (χ1n) is 11.5. The maximum Gasteiger partial charge on any atom is 0.340 e. The van der Waals surface area contributed by atoms with Gasteiger partial charge in [-0.15, -0.1) is 0 Å². The number of hydrogen-bond acceptors (Lipinski definition) is 3. The molecular weight excluding hydrogens is 468 g/mol. The number of benzene rings is 2. The van der Waals surface area contributed by atoms with Gasteiger partial charge in [0.1, 0.15) is 6.54 Å². The highest BCUT2D eigenvalue weighted by molar-refractivity contribution is 6.02. The molecule has 0 bridgehead atoms. The van der Waals surface area contributed by atoms with Crippen molar-refractivity contribution in [3.8, 4) is 0 Å². The van der Waals surface area contributed by atoms with E-state index in [0.29, 0.717) is 24.4 Å². The average Bonchev–Trinajstić information content (AvgIpc) is 2.73. The van der Waals surface area contributed by atoms with Gasteiger partial charge in [0.25, 0.3) is 5.91 Å². The summed E-state index contributed by atoms with van der Waals surface area (Å²) in [7, 11) is 0. The van der Waals surface area contributed by atoms with Crippen LogP contribution in [0.3, 0.4) is 0 Å². The van der Waals surface area contributed by atoms with E-state index in [-0.39, 0.29) is 22.9 Å². The van der Waals surface area contributed by atoms with E-state index >= 15 is 0 Å². The molecule has 6 heteroatoms. The first kappa shape index (κ1) is 26.1. The van der Waals surface area contributed by atoms with Crippen LogP contribution in [-0.4, -0.2) is 42.6 Å². The molecule has 0 saturated carbocycles.